The molecule has 0 fully saturated rings. The van der Waals surface area contributed by atoms with Crippen molar-refractivity contribution in [2.75, 3.05) is 0 Å². The van der Waals surface area contributed by atoms with Crippen molar-refractivity contribution in [2.45, 2.75) is 26.4 Å². The van der Waals surface area contributed by atoms with Crippen LogP contribution in [0.3, 0.4) is 0 Å². The van der Waals surface area contributed by atoms with Gasteiger partial charge >= 0.3 is 6.09 Å². The van der Waals surface area contributed by atoms with Gasteiger partial charge in [0.1, 0.15) is 5.60 Å². The summed E-state index contributed by atoms with van der Waals surface area (Å²) in [5, 5.41) is 6.75. The molecule has 16 heavy (non-hydrogen) atoms. The summed E-state index contributed by atoms with van der Waals surface area (Å²) in [7, 11) is 6.51. The van der Waals surface area contributed by atoms with Gasteiger partial charge in [0.2, 0.25) is 0 Å². The van der Waals surface area contributed by atoms with E-state index in [-0.39, 0.29) is 32.7 Å². The third-order valence-corrected chi connectivity index (χ3v) is 0.936. The Morgan fingerprint density at radius 1 is 1.56 bits per heavy atom. The molecule has 0 bridgehead atoms. The number of alkyl carbamates (subject to hydrolysis) is 1. The van der Waals surface area contributed by atoms with E-state index in [9.17, 15) is 4.79 Å². The topological polar surface area (TPSA) is 53.9 Å². The van der Waals surface area contributed by atoms with Crippen molar-refractivity contribution < 1.29 is 42.2 Å². The Bertz CT molecular complexity index is 207. The normalized spacial score (nSPS) is 8.56. The fourth-order valence-electron chi connectivity index (χ4n) is 0.372. The molecule has 5 nitrogen and oxygen atoms in total. The Morgan fingerprint density at radius 2 is 2.00 bits per heavy atom. The number of hydrazone groups is 1. The van der Waals surface area contributed by atoms with Gasteiger partial charge in [0.25, 0.3) is 0 Å². The standard InChI is InChI=1S/C6H12NO2.C4H7N2.Y/c1-6(2,3)9-5(8)7-4;1-4-6(3)5-2;/h4H2,1-3H3,(H,7,8);4H,1-3H2;/q2*-1;. The molecule has 6 heteroatoms. The molecule has 1 N–H and O–H groups in total. The minimum atomic E-state index is -0.498. The van der Waals surface area contributed by atoms with Crippen molar-refractivity contribution in [3.05, 3.63) is 26.9 Å². The van der Waals surface area contributed by atoms with Crippen LogP contribution in [-0.2, 0) is 37.4 Å². The predicted molar refractivity (Wildman–Crippen MR) is 61.7 cm³/mol. The van der Waals surface area contributed by atoms with E-state index < -0.39 is 11.7 Å². The molecule has 0 aromatic heterocycles. The van der Waals surface area contributed by atoms with Gasteiger partial charge in [-0.2, -0.15) is 0 Å². The smallest absolute Gasteiger partial charge is 0.377 e. The van der Waals surface area contributed by atoms with E-state index in [1.54, 1.807) is 20.8 Å². The molecule has 1 radical (unpaired) electrons. The molecule has 0 unspecified atom stereocenters. The number of rotatable bonds is 2. The van der Waals surface area contributed by atoms with Crippen LogP contribution in [0.25, 0.3) is 0 Å². The first-order chi connectivity index (χ1) is 6.76. The first-order valence-electron chi connectivity index (χ1n) is 4.21. The van der Waals surface area contributed by atoms with Gasteiger partial charge in [-0.3, -0.25) is 7.05 Å². The maximum Gasteiger partial charge on any atom is 0.377 e. The quantitative estimate of drug-likeness (QED) is 0.483. The minimum Gasteiger partial charge on any atom is -0.473 e. The van der Waals surface area contributed by atoms with E-state index in [2.05, 4.69) is 37.8 Å². The second-order valence-electron chi connectivity index (χ2n) is 3.44. The Balaban J connectivity index is -0.000000214. The number of carbonyl (C=O) groups is 1. The summed E-state index contributed by atoms with van der Waals surface area (Å²) < 4.78 is 4.77. The van der Waals surface area contributed by atoms with Crippen molar-refractivity contribution in [3.63, 3.8) is 0 Å². The Kier molecular flexibility index (Phi) is 14.5. The number of amides is 1. The van der Waals surface area contributed by atoms with E-state index in [1.165, 1.54) is 11.2 Å². The molecule has 0 aromatic carbocycles. The predicted octanol–water partition coefficient (Wildman–Crippen LogP) is 2.14. The number of nitrogens with zero attached hydrogens (tertiary/aromatic N) is 2. The fraction of sp³-hybridized carbons (Fsp3) is 0.400. The van der Waals surface area contributed by atoms with Gasteiger partial charge in [-0.1, -0.05) is 6.58 Å². The maximum absolute atomic E-state index is 10.4. The van der Waals surface area contributed by atoms with E-state index in [0.29, 0.717) is 0 Å². The van der Waals surface area contributed by atoms with Gasteiger partial charge in [0.15, 0.2) is 0 Å². The van der Waals surface area contributed by atoms with Gasteiger partial charge in [0, 0.05) is 39.4 Å². The summed E-state index contributed by atoms with van der Waals surface area (Å²) in [6.45, 7) is 11.9. The first kappa shape index (κ1) is 20.9. The Hall–Kier alpha value is -0.416. The number of nitrogens with one attached hydrogen (secondary N) is 1. The molecule has 0 aromatic rings. The molecule has 0 aliphatic rings. The molecule has 0 aliphatic carbocycles. The van der Waals surface area contributed by atoms with Crippen LogP contribution in [-0.4, -0.2) is 23.4 Å². The van der Waals surface area contributed by atoms with Crippen molar-refractivity contribution in [1.29, 1.82) is 0 Å². The number of ether oxygens (including phenoxy) is 1. The first-order valence-corrected chi connectivity index (χ1v) is 4.21. The van der Waals surface area contributed by atoms with Crippen molar-refractivity contribution in [2.24, 2.45) is 5.10 Å². The molecule has 91 valence electrons. The molecule has 0 atom stereocenters. The molecule has 0 saturated carbocycles. The van der Waals surface area contributed by atoms with Crippen LogP contribution in [0, 0.1) is 14.1 Å². The zero-order valence-electron chi connectivity index (χ0n) is 10.2. The van der Waals surface area contributed by atoms with Crippen LogP contribution >= 0.6 is 0 Å². The number of hydrogen-bond donors (Lipinski definition) is 1. The van der Waals surface area contributed by atoms with Crippen LogP contribution < -0.4 is 5.32 Å². The van der Waals surface area contributed by atoms with E-state index in [4.69, 9.17) is 4.74 Å². The molecular formula is C10H19N3O2Y-2. The van der Waals surface area contributed by atoms with E-state index >= 15 is 0 Å². The average molecular weight is 302 g/mol. The van der Waals surface area contributed by atoms with Gasteiger partial charge < -0.3 is 15.1 Å². The van der Waals surface area contributed by atoms with Gasteiger partial charge in [-0.25, -0.2) is 16.9 Å². The van der Waals surface area contributed by atoms with Crippen LogP contribution in [0.2, 0.25) is 0 Å². The minimum absolute atomic E-state index is 0. The van der Waals surface area contributed by atoms with Gasteiger partial charge in [0.05, 0.1) is 0 Å². The molecule has 0 aliphatic heterocycles. The number of carbonyl (C=O) groups excluding carboxylic acids is 1. The molecule has 0 spiro atoms. The van der Waals surface area contributed by atoms with E-state index in [1.807, 2.05) is 0 Å². The van der Waals surface area contributed by atoms with Gasteiger partial charge in [-0.05, 0) is 27.0 Å². The summed E-state index contributed by atoms with van der Waals surface area (Å²) in [6.07, 6.45) is 0.968. The Morgan fingerprint density at radius 3 is 2.06 bits per heavy atom. The summed E-state index contributed by atoms with van der Waals surface area (Å²) >= 11 is 0. The van der Waals surface area contributed by atoms with E-state index in [0.717, 1.165) is 0 Å². The maximum atomic E-state index is 10.4. The average Bonchev–Trinajstić information content (AvgIpc) is 2.15. The third-order valence-electron chi connectivity index (χ3n) is 0.936. The van der Waals surface area contributed by atoms with Crippen LogP contribution in [0.15, 0.2) is 17.9 Å². The molecule has 0 heterocycles. The molecule has 1 amide bonds. The molecular weight excluding hydrogens is 283 g/mol. The van der Waals surface area contributed by atoms with Crippen LogP contribution in [0.1, 0.15) is 20.8 Å². The van der Waals surface area contributed by atoms with Gasteiger partial charge in [-0.15, -0.1) is 0 Å². The molecule has 0 saturated heterocycles. The van der Waals surface area contributed by atoms with Crippen LogP contribution in [0.5, 0.6) is 0 Å². The summed E-state index contributed by atoms with van der Waals surface area (Å²) in [4.78, 5) is 10.4. The third kappa shape index (κ3) is 19.2. The molecule has 0 rings (SSSR count). The summed E-state index contributed by atoms with van der Waals surface area (Å²) in [5.74, 6) is 0. The van der Waals surface area contributed by atoms with Crippen molar-refractivity contribution in [1.82, 2.24) is 10.3 Å². The largest absolute Gasteiger partial charge is 0.473 e. The second-order valence-corrected chi connectivity index (χ2v) is 3.44. The monoisotopic (exact) mass is 302 g/mol. The van der Waals surface area contributed by atoms with Crippen molar-refractivity contribution in [3.8, 4) is 0 Å². The van der Waals surface area contributed by atoms with Crippen molar-refractivity contribution >= 4 is 12.8 Å². The summed E-state index contributed by atoms with van der Waals surface area (Å²) in [5.41, 5.74) is -0.429. The van der Waals surface area contributed by atoms with Crippen LogP contribution in [0.4, 0.5) is 4.79 Å². The summed E-state index contributed by atoms with van der Waals surface area (Å²) in [6, 6.07) is 0. The Labute approximate surface area is 123 Å². The SMILES string of the molecule is C=CN([CH2-])N=C.[CH2-]NC(=O)OC(C)(C)C.[Y]. The number of hydrogen-bond acceptors (Lipinski definition) is 4. The zero-order chi connectivity index (χ0) is 12.5. The zero-order valence-corrected chi connectivity index (χ0v) is 13.0. The fourth-order valence-corrected chi connectivity index (χ4v) is 0.372. The second kappa shape index (κ2) is 11.1.